The predicted octanol–water partition coefficient (Wildman–Crippen LogP) is 3.15. The lowest BCUT2D eigenvalue weighted by Gasteiger charge is -2.20. The highest BCUT2D eigenvalue weighted by atomic mass is 16.1. The first-order chi connectivity index (χ1) is 10.2. The van der Waals surface area contributed by atoms with Crippen molar-refractivity contribution in [3.63, 3.8) is 0 Å². The Morgan fingerprint density at radius 3 is 2.29 bits per heavy atom. The lowest BCUT2D eigenvalue weighted by molar-refractivity contribution is 0.473. The van der Waals surface area contributed by atoms with Crippen LogP contribution in [0.3, 0.4) is 0 Å². The van der Waals surface area contributed by atoms with Crippen molar-refractivity contribution in [2.24, 2.45) is 0 Å². The molecule has 0 aliphatic carbocycles. The second kappa shape index (κ2) is 7.79. The summed E-state index contributed by atoms with van der Waals surface area (Å²) in [5.41, 5.74) is 2.73. The molecule has 0 fully saturated rings. The van der Waals surface area contributed by atoms with Crippen LogP contribution in [0.15, 0.2) is 53.6 Å². The molecule has 1 aromatic heterocycles. The maximum absolute atomic E-state index is 11.2. The van der Waals surface area contributed by atoms with Gasteiger partial charge in [0.25, 0.3) is 0 Å². The van der Waals surface area contributed by atoms with Crippen molar-refractivity contribution < 1.29 is 0 Å². The van der Waals surface area contributed by atoms with E-state index in [0.29, 0.717) is 0 Å². The highest BCUT2D eigenvalue weighted by Gasteiger charge is 2.10. The quantitative estimate of drug-likeness (QED) is 0.847. The van der Waals surface area contributed by atoms with Crippen LogP contribution in [0.2, 0.25) is 0 Å². The summed E-state index contributed by atoms with van der Waals surface area (Å²) in [6.45, 7) is 6.05. The van der Waals surface area contributed by atoms with Crippen LogP contribution >= 0.6 is 0 Å². The predicted molar refractivity (Wildman–Crippen MR) is 87.6 cm³/mol. The third-order valence-corrected chi connectivity index (χ3v) is 3.63. The summed E-state index contributed by atoms with van der Waals surface area (Å²) in [4.78, 5) is 11.2. The molecule has 3 heteroatoms. The third-order valence-electron chi connectivity index (χ3n) is 3.63. The monoisotopic (exact) mass is 284 g/mol. The molecule has 0 spiro atoms. The first-order valence-electron chi connectivity index (χ1n) is 7.71. The zero-order valence-corrected chi connectivity index (χ0v) is 12.9. The third kappa shape index (κ3) is 4.57. The van der Waals surface area contributed by atoms with E-state index >= 15 is 0 Å². The van der Waals surface area contributed by atoms with Crippen molar-refractivity contribution >= 4 is 0 Å². The van der Waals surface area contributed by atoms with Gasteiger partial charge in [0.2, 0.25) is 0 Å². The molecule has 1 atom stereocenters. The van der Waals surface area contributed by atoms with Crippen LogP contribution in [0.25, 0.3) is 0 Å². The molecule has 0 aliphatic rings. The Hall–Kier alpha value is -1.87. The topological polar surface area (TPSA) is 34.0 Å². The molecule has 0 amide bonds. The zero-order valence-electron chi connectivity index (χ0n) is 12.9. The molecule has 2 aromatic rings. The highest BCUT2D eigenvalue weighted by molar-refractivity contribution is 5.25. The van der Waals surface area contributed by atoms with Gasteiger partial charge in [0.1, 0.15) is 0 Å². The SMILES string of the molecule is CCCc1ccc(C(Cn2ccc(=O)cc2)NCC)cc1. The van der Waals surface area contributed by atoms with Gasteiger partial charge in [-0.1, -0.05) is 44.5 Å². The van der Waals surface area contributed by atoms with Crippen molar-refractivity contribution in [1.82, 2.24) is 9.88 Å². The van der Waals surface area contributed by atoms with Crippen molar-refractivity contribution in [2.75, 3.05) is 6.54 Å². The van der Waals surface area contributed by atoms with Crippen molar-refractivity contribution in [3.05, 3.63) is 70.1 Å². The second-order valence-corrected chi connectivity index (χ2v) is 5.33. The largest absolute Gasteiger partial charge is 0.352 e. The van der Waals surface area contributed by atoms with Gasteiger partial charge in [0.05, 0.1) is 6.04 Å². The minimum Gasteiger partial charge on any atom is -0.352 e. The van der Waals surface area contributed by atoms with E-state index in [1.165, 1.54) is 17.5 Å². The second-order valence-electron chi connectivity index (χ2n) is 5.33. The number of nitrogens with one attached hydrogen (secondary N) is 1. The molecule has 2 rings (SSSR count). The lowest BCUT2D eigenvalue weighted by atomic mass is 10.0. The molecule has 1 aromatic carbocycles. The van der Waals surface area contributed by atoms with Crippen LogP contribution in [0.4, 0.5) is 0 Å². The number of likely N-dealkylation sites (N-methyl/N-ethyl adjacent to an activating group) is 1. The first kappa shape index (κ1) is 15.5. The summed E-state index contributed by atoms with van der Waals surface area (Å²) < 4.78 is 2.05. The maximum Gasteiger partial charge on any atom is 0.181 e. The Bertz CT molecular complexity index is 581. The Morgan fingerprint density at radius 2 is 1.71 bits per heavy atom. The van der Waals surface area contributed by atoms with Gasteiger partial charge < -0.3 is 9.88 Å². The van der Waals surface area contributed by atoms with Gasteiger partial charge in [-0.15, -0.1) is 0 Å². The fraction of sp³-hybridized carbons (Fsp3) is 0.389. The molecule has 0 saturated carbocycles. The average Bonchev–Trinajstić information content (AvgIpc) is 2.50. The van der Waals surface area contributed by atoms with Crippen LogP contribution in [0.5, 0.6) is 0 Å². The maximum atomic E-state index is 11.2. The summed E-state index contributed by atoms with van der Waals surface area (Å²) in [5, 5.41) is 3.51. The number of rotatable bonds is 7. The molecule has 0 aliphatic heterocycles. The fourth-order valence-electron chi connectivity index (χ4n) is 2.52. The summed E-state index contributed by atoms with van der Waals surface area (Å²) >= 11 is 0. The molecule has 21 heavy (non-hydrogen) atoms. The molecule has 112 valence electrons. The van der Waals surface area contributed by atoms with Crippen LogP contribution in [-0.2, 0) is 13.0 Å². The molecule has 1 heterocycles. The Kier molecular flexibility index (Phi) is 5.76. The lowest BCUT2D eigenvalue weighted by Crippen LogP contribution is -2.25. The van der Waals surface area contributed by atoms with E-state index in [4.69, 9.17) is 0 Å². The summed E-state index contributed by atoms with van der Waals surface area (Å²) in [7, 11) is 0. The molecule has 0 radical (unpaired) electrons. The fourth-order valence-corrected chi connectivity index (χ4v) is 2.52. The standard InChI is InChI=1S/C18H24N2O/c1-3-5-15-6-8-16(9-7-15)18(19-4-2)14-20-12-10-17(21)11-13-20/h6-13,18-19H,3-5,14H2,1-2H3. The smallest absolute Gasteiger partial charge is 0.181 e. The molecule has 1 unspecified atom stereocenters. The summed E-state index contributed by atoms with van der Waals surface area (Å²) in [6.07, 6.45) is 6.00. The van der Waals surface area contributed by atoms with Gasteiger partial charge in [-0.25, -0.2) is 0 Å². The van der Waals surface area contributed by atoms with Gasteiger partial charge in [-0.05, 0) is 24.1 Å². The van der Waals surface area contributed by atoms with E-state index in [9.17, 15) is 4.79 Å². The number of aromatic nitrogens is 1. The Morgan fingerprint density at radius 1 is 1.05 bits per heavy atom. The van der Waals surface area contributed by atoms with E-state index in [-0.39, 0.29) is 11.5 Å². The number of pyridine rings is 1. The van der Waals surface area contributed by atoms with Crippen molar-refractivity contribution in [2.45, 2.75) is 39.3 Å². The normalized spacial score (nSPS) is 12.3. The van der Waals surface area contributed by atoms with E-state index in [0.717, 1.165) is 19.5 Å². The van der Waals surface area contributed by atoms with E-state index in [1.54, 1.807) is 12.1 Å². The van der Waals surface area contributed by atoms with Gasteiger partial charge in [-0.3, -0.25) is 4.79 Å². The highest BCUT2D eigenvalue weighted by Crippen LogP contribution is 2.16. The first-order valence-corrected chi connectivity index (χ1v) is 7.71. The van der Waals surface area contributed by atoms with Crippen molar-refractivity contribution in [1.29, 1.82) is 0 Å². The Labute approximate surface area is 126 Å². The van der Waals surface area contributed by atoms with Crippen LogP contribution < -0.4 is 10.7 Å². The molecular formula is C18H24N2O. The number of aryl methyl sites for hydroxylation is 1. The number of hydrogen-bond acceptors (Lipinski definition) is 2. The molecular weight excluding hydrogens is 260 g/mol. The molecule has 0 saturated heterocycles. The van der Waals surface area contributed by atoms with Gasteiger partial charge in [0, 0.05) is 31.1 Å². The minimum atomic E-state index is 0.0511. The van der Waals surface area contributed by atoms with Crippen LogP contribution in [-0.4, -0.2) is 11.1 Å². The van der Waals surface area contributed by atoms with Gasteiger partial charge >= 0.3 is 0 Å². The Balaban J connectivity index is 2.13. The average molecular weight is 284 g/mol. The molecule has 1 N–H and O–H groups in total. The summed E-state index contributed by atoms with van der Waals surface area (Å²) in [5.74, 6) is 0. The molecule has 0 bridgehead atoms. The van der Waals surface area contributed by atoms with Crippen LogP contribution in [0.1, 0.15) is 37.4 Å². The number of hydrogen-bond donors (Lipinski definition) is 1. The summed E-state index contributed by atoms with van der Waals surface area (Å²) in [6, 6.07) is 12.3. The van der Waals surface area contributed by atoms with Crippen molar-refractivity contribution in [3.8, 4) is 0 Å². The van der Waals surface area contributed by atoms with Crippen LogP contribution in [0, 0.1) is 0 Å². The van der Waals surface area contributed by atoms with E-state index in [1.807, 2.05) is 12.4 Å². The number of benzene rings is 1. The van der Waals surface area contributed by atoms with E-state index in [2.05, 4.69) is 48.0 Å². The van der Waals surface area contributed by atoms with E-state index < -0.39 is 0 Å². The molecule has 3 nitrogen and oxygen atoms in total. The number of nitrogens with zero attached hydrogens (tertiary/aromatic N) is 1. The minimum absolute atomic E-state index is 0.0511. The van der Waals surface area contributed by atoms with Gasteiger partial charge in [0.15, 0.2) is 5.43 Å². The van der Waals surface area contributed by atoms with Gasteiger partial charge in [-0.2, -0.15) is 0 Å². The zero-order chi connectivity index (χ0) is 15.1.